The molecule has 2 atom stereocenters. The van der Waals surface area contributed by atoms with Gasteiger partial charge in [-0.2, -0.15) is 0 Å². The Kier molecular flexibility index (Phi) is 16.1. The molecule has 28 heavy (non-hydrogen) atoms. The summed E-state index contributed by atoms with van der Waals surface area (Å²) in [5.41, 5.74) is 0. The molecule has 1 rings (SSSR count). The van der Waals surface area contributed by atoms with Crippen LogP contribution in [-0.4, -0.2) is 58.6 Å². The molecule has 0 aromatic rings. The highest BCUT2D eigenvalue weighted by Gasteiger charge is 2.18. The van der Waals surface area contributed by atoms with Crippen molar-refractivity contribution in [3.05, 3.63) is 0 Å². The number of carbonyl (C=O) groups is 1. The Labute approximate surface area is 191 Å². The summed E-state index contributed by atoms with van der Waals surface area (Å²) in [7, 11) is 2.13. The first-order valence-electron chi connectivity index (χ1n) is 11.8. The average Bonchev–Trinajstić information content (AvgIpc) is 2.69. The number of likely N-dealkylation sites (N-methyl/N-ethyl adjacent to an activating group) is 1. The second kappa shape index (κ2) is 17.1. The third-order valence-electron chi connectivity index (χ3n) is 5.95. The van der Waals surface area contributed by atoms with Gasteiger partial charge in [-0.1, -0.05) is 103 Å². The van der Waals surface area contributed by atoms with Crippen LogP contribution in [0.3, 0.4) is 0 Å². The van der Waals surface area contributed by atoms with Gasteiger partial charge in [0.25, 0.3) is 0 Å². The molecule has 0 radical (unpaired) electrons. The van der Waals surface area contributed by atoms with E-state index in [9.17, 15) is 4.79 Å². The number of hydrogen-bond acceptors (Lipinski definition) is 2. The molecule has 0 spiro atoms. The van der Waals surface area contributed by atoms with Gasteiger partial charge in [0.1, 0.15) is 0 Å². The number of hydrogen-bond donors (Lipinski definition) is 0. The van der Waals surface area contributed by atoms with E-state index in [4.69, 9.17) is 0 Å². The maximum absolute atomic E-state index is 12.2. The van der Waals surface area contributed by atoms with Crippen LogP contribution in [0.5, 0.6) is 0 Å². The maximum Gasteiger partial charge on any atom is 0.222 e. The largest absolute Gasteiger partial charge is 0.340 e. The molecule has 0 aromatic carbocycles. The van der Waals surface area contributed by atoms with Crippen molar-refractivity contribution in [1.29, 1.82) is 0 Å². The van der Waals surface area contributed by atoms with Gasteiger partial charge in [0.05, 0.1) is 0 Å². The van der Waals surface area contributed by atoms with Crippen molar-refractivity contribution in [2.24, 2.45) is 0 Å². The molecule has 1 aliphatic rings. The number of alkyl halides is 2. The first kappa shape index (κ1) is 26.4. The van der Waals surface area contributed by atoms with Crippen molar-refractivity contribution in [3.8, 4) is 0 Å². The molecule has 1 heterocycles. The lowest BCUT2D eigenvalue weighted by Gasteiger charge is -2.32. The zero-order chi connectivity index (χ0) is 20.6. The summed E-state index contributed by atoms with van der Waals surface area (Å²) in [5, 5.41) is 0. The van der Waals surface area contributed by atoms with Gasteiger partial charge < -0.3 is 9.80 Å². The van der Waals surface area contributed by atoms with E-state index in [0.717, 1.165) is 39.0 Å². The number of unbranched alkanes of at least 4 members (excludes halogenated alkanes) is 9. The first-order chi connectivity index (χ1) is 13.5. The second-order valence-corrected chi connectivity index (χ2v) is 10.9. The minimum absolute atomic E-state index is 0.366. The number of halogens is 2. The third kappa shape index (κ3) is 12.8. The van der Waals surface area contributed by atoms with Crippen molar-refractivity contribution in [1.82, 2.24) is 9.80 Å². The number of rotatable bonds is 16. The Morgan fingerprint density at radius 2 is 1.21 bits per heavy atom. The minimum Gasteiger partial charge on any atom is -0.340 e. The van der Waals surface area contributed by atoms with Crippen molar-refractivity contribution in [2.75, 3.05) is 33.2 Å². The fourth-order valence-electron chi connectivity index (χ4n) is 3.84. The summed E-state index contributed by atoms with van der Waals surface area (Å²) in [5.74, 6) is 0.366. The molecule has 0 aliphatic carbocycles. The van der Waals surface area contributed by atoms with Gasteiger partial charge >= 0.3 is 0 Å². The molecule has 166 valence electrons. The van der Waals surface area contributed by atoms with Gasteiger partial charge in [-0.3, -0.25) is 4.79 Å². The highest BCUT2D eigenvalue weighted by Crippen LogP contribution is 2.25. The van der Waals surface area contributed by atoms with Crippen LogP contribution in [0.4, 0.5) is 0 Å². The number of carbonyl (C=O) groups excluding carboxylic acids is 1. The van der Waals surface area contributed by atoms with Crippen LogP contribution in [-0.2, 0) is 4.79 Å². The maximum atomic E-state index is 12.2. The molecule has 2 unspecified atom stereocenters. The smallest absolute Gasteiger partial charge is 0.222 e. The van der Waals surface area contributed by atoms with E-state index in [2.05, 4.69) is 55.6 Å². The second-order valence-electron chi connectivity index (χ2n) is 8.58. The molecule has 0 N–H and O–H groups in total. The standard InChI is InChI=1S/C23H44Br2N2O/c1-3-4-5-6-8-11-14-21(24)22(25)15-12-9-7-10-13-16-23(28)27-19-17-26(2)18-20-27/h21-22H,3-20H2,1-2H3. The Hall–Kier alpha value is 0.390. The van der Waals surface area contributed by atoms with E-state index < -0.39 is 0 Å². The van der Waals surface area contributed by atoms with E-state index in [0.29, 0.717) is 15.6 Å². The van der Waals surface area contributed by atoms with Crippen molar-refractivity contribution in [2.45, 2.75) is 106 Å². The molecular formula is C23H44Br2N2O. The van der Waals surface area contributed by atoms with E-state index in [-0.39, 0.29) is 0 Å². The van der Waals surface area contributed by atoms with Crippen LogP contribution < -0.4 is 0 Å². The summed E-state index contributed by atoms with van der Waals surface area (Å²) in [6, 6.07) is 0. The van der Waals surface area contributed by atoms with Crippen molar-refractivity contribution < 1.29 is 4.79 Å². The zero-order valence-corrected chi connectivity index (χ0v) is 21.6. The van der Waals surface area contributed by atoms with E-state index in [1.54, 1.807) is 0 Å². The molecule has 0 bridgehead atoms. The molecule has 1 fully saturated rings. The molecule has 1 saturated heterocycles. The lowest BCUT2D eigenvalue weighted by molar-refractivity contribution is -0.132. The lowest BCUT2D eigenvalue weighted by Crippen LogP contribution is -2.47. The topological polar surface area (TPSA) is 23.6 Å². The predicted octanol–water partition coefficient (Wildman–Crippen LogP) is 6.77. The van der Waals surface area contributed by atoms with Crippen LogP contribution >= 0.6 is 31.9 Å². The van der Waals surface area contributed by atoms with Gasteiger partial charge in [-0.05, 0) is 26.3 Å². The Bertz CT molecular complexity index is 387. The van der Waals surface area contributed by atoms with E-state index in [1.165, 1.54) is 77.0 Å². The summed E-state index contributed by atoms with van der Waals surface area (Å²) in [4.78, 5) is 17.8. The van der Waals surface area contributed by atoms with Crippen LogP contribution in [0.2, 0.25) is 0 Å². The number of amides is 1. The first-order valence-corrected chi connectivity index (χ1v) is 13.6. The summed E-state index contributed by atoms with van der Waals surface area (Å²) < 4.78 is 0. The van der Waals surface area contributed by atoms with Crippen LogP contribution in [0.25, 0.3) is 0 Å². The van der Waals surface area contributed by atoms with Crippen molar-refractivity contribution in [3.63, 3.8) is 0 Å². The fourth-order valence-corrected chi connectivity index (χ4v) is 5.02. The molecule has 5 heteroatoms. The van der Waals surface area contributed by atoms with Gasteiger partial charge in [-0.15, -0.1) is 0 Å². The fraction of sp³-hybridized carbons (Fsp3) is 0.957. The Morgan fingerprint density at radius 1 is 0.750 bits per heavy atom. The normalized spacial score (nSPS) is 17.6. The van der Waals surface area contributed by atoms with Crippen molar-refractivity contribution >= 4 is 37.8 Å². The average molecular weight is 524 g/mol. The monoisotopic (exact) mass is 522 g/mol. The number of nitrogens with zero attached hydrogens (tertiary/aromatic N) is 2. The van der Waals surface area contributed by atoms with E-state index in [1.807, 2.05) is 0 Å². The molecule has 0 aromatic heterocycles. The van der Waals surface area contributed by atoms with Crippen LogP contribution in [0.1, 0.15) is 96.8 Å². The SMILES string of the molecule is CCCCCCCCC(Br)C(Br)CCCCCCCC(=O)N1CCN(C)CC1. The van der Waals surface area contributed by atoms with Gasteiger partial charge in [0.2, 0.25) is 5.91 Å². The highest BCUT2D eigenvalue weighted by molar-refractivity contribution is 9.12. The third-order valence-corrected chi connectivity index (χ3v) is 8.85. The van der Waals surface area contributed by atoms with Gasteiger partial charge in [-0.25, -0.2) is 0 Å². The van der Waals surface area contributed by atoms with Gasteiger partial charge in [0, 0.05) is 42.3 Å². The summed E-state index contributed by atoms with van der Waals surface area (Å²) >= 11 is 7.77. The zero-order valence-electron chi connectivity index (χ0n) is 18.4. The molecule has 0 saturated carbocycles. The number of piperazine rings is 1. The van der Waals surface area contributed by atoms with Crippen LogP contribution in [0, 0.1) is 0 Å². The Morgan fingerprint density at radius 3 is 1.75 bits per heavy atom. The molecular weight excluding hydrogens is 480 g/mol. The highest BCUT2D eigenvalue weighted by atomic mass is 79.9. The molecule has 1 aliphatic heterocycles. The lowest BCUT2D eigenvalue weighted by atomic mass is 10.0. The predicted molar refractivity (Wildman–Crippen MR) is 130 cm³/mol. The minimum atomic E-state index is 0.366. The summed E-state index contributed by atoms with van der Waals surface area (Å²) in [6.45, 7) is 6.14. The Balaban J connectivity index is 1.92. The quantitative estimate of drug-likeness (QED) is 0.164. The van der Waals surface area contributed by atoms with Gasteiger partial charge in [0.15, 0.2) is 0 Å². The van der Waals surface area contributed by atoms with Crippen LogP contribution in [0.15, 0.2) is 0 Å². The van der Waals surface area contributed by atoms with E-state index >= 15 is 0 Å². The summed E-state index contributed by atoms with van der Waals surface area (Å²) in [6.07, 6.45) is 17.7. The molecule has 3 nitrogen and oxygen atoms in total. The molecule has 1 amide bonds.